The Morgan fingerprint density at radius 2 is 1.86 bits per heavy atom. The van der Waals surface area contributed by atoms with E-state index in [0.29, 0.717) is 6.54 Å². The van der Waals surface area contributed by atoms with Crippen LogP contribution in [0, 0.1) is 6.92 Å². The van der Waals surface area contributed by atoms with Crippen LogP contribution in [0.15, 0.2) is 41.0 Å². The van der Waals surface area contributed by atoms with Crippen molar-refractivity contribution in [3.8, 4) is 11.3 Å². The minimum Gasteiger partial charge on any atom is -0.464 e. The van der Waals surface area contributed by atoms with Crippen molar-refractivity contribution in [3.05, 3.63) is 47.7 Å². The van der Waals surface area contributed by atoms with Gasteiger partial charge in [-0.15, -0.1) is 0 Å². The second kappa shape index (κ2) is 3.68. The first-order chi connectivity index (χ1) is 6.81. The molecule has 2 nitrogen and oxygen atoms in total. The van der Waals surface area contributed by atoms with Crippen molar-refractivity contribution in [1.82, 2.24) is 0 Å². The third-order valence-electron chi connectivity index (χ3n) is 2.28. The normalized spacial score (nSPS) is 10.4. The Labute approximate surface area is 83.4 Å². The van der Waals surface area contributed by atoms with Crippen molar-refractivity contribution in [3.63, 3.8) is 0 Å². The van der Waals surface area contributed by atoms with E-state index in [2.05, 4.69) is 19.1 Å². The summed E-state index contributed by atoms with van der Waals surface area (Å²) in [5.74, 6) is 0.882. The van der Waals surface area contributed by atoms with Crippen LogP contribution in [0.25, 0.3) is 11.3 Å². The Morgan fingerprint density at radius 3 is 2.50 bits per heavy atom. The van der Waals surface area contributed by atoms with Crippen LogP contribution in [-0.2, 0) is 6.54 Å². The van der Waals surface area contributed by atoms with Gasteiger partial charge in [-0.1, -0.05) is 29.8 Å². The van der Waals surface area contributed by atoms with Crippen molar-refractivity contribution < 1.29 is 4.42 Å². The van der Waals surface area contributed by atoms with Crippen LogP contribution in [0.2, 0.25) is 0 Å². The Bertz CT molecular complexity index is 414. The molecule has 1 aromatic carbocycles. The van der Waals surface area contributed by atoms with E-state index in [0.717, 1.165) is 16.9 Å². The Hall–Kier alpha value is -1.54. The summed E-state index contributed by atoms with van der Waals surface area (Å²) in [6, 6.07) is 10.1. The third-order valence-corrected chi connectivity index (χ3v) is 2.28. The quantitative estimate of drug-likeness (QED) is 0.785. The van der Waals surface area contributed by atoms with Crippen molar-refractivity contribution in [2.24, 2.45) is 5.73 Å². The first-order valence-corrected chi connectivity index (χ1v) is 4.65. The highest BCUT2D eigenvalue weighted by Crippen LogP contribution is 2.24. The lowest BCUT2D eigenvalue weighted by atomic mass is 10.1. The van der Waals surface area contributed by atoms with Gasteiger partial charge in [0.15, 0.2) is 0 Å². The maximum absolute atomic E-state index is 5.60. The van der Waals surface area contributed by atoms with Gasteiger partial charge < -0.3 is 10.2 Å². The molecule has 1 aromatic heterocycles. The molecule has 1 heterocycles. The van der Waals surface area contributed by atoms with Crippen molar-refractivity contribution in [1.29, 1.82) is 0 Å². The Morgan fingerprint density at radius 1 is 1.14 bits per heavy atom. The summed E-state index contributed by atoms with van der Waals surface area (Å²) in [4.78, 5) is 0. The number of aryl methyl sites for hydroxylation is 1. The lowest BCUT2D eigenvalue weighted by molar-refractivity contribution is 0.579. The van der Waals surface area contributed by atoms with Gasteiger partial charge in [0.2, 0.25) is 0 Å². The summed E-state index contributed by atoms with van der Waals surface area (Å²) in [6.45, 7) is 2.58. The molecule has 0 amide bonds. The number of hydrogen-bond acceptors (Lipinski definition) is 2. The molecule has 0 atom stereocenters. The fourth-order valence-corrected chi connectivity index (χ4v) is 1.45. The van der Waals surface area contributed by atoms with Crippen molar-refractivity contribution in [2.45, 2.75) is 13.5 Å². The van der Waals surface area contributed by atoms with Gasteiger partial charge in [0.05, 0.1) is 6.26 Å². The first kappa shape index (κ1) is 9.03. The van der Waals surface area contributed by atoms with Crippen LogP contribution in [0.1, 0.15) is 11.1 Å². The largest absolute Gasteiger partial charge is 0.464 e. The van der Waals surface area contributed by atoms with Crippen LogP contribution in [0.3, 0.4) is 0 Å². The van der Waals surface area contributed by atoms with Gasteiger partial charge in [0.25, 0.3) is 0 Å². The predicted molar refractivity (Wildman–Crippen MR) is 56.8 cm³/mol. The van der Waals surface area contributed by atoms with E-state index in [4.69, 9.17) is 10.2 Å². The van der Waals surface area contributed by atoms with Gasteiger partial charge in [0.1, 0.15) is 5.76 Å². The van der Waals surface area contributed by atoms with Crippen LogP contribution in [0.4, 0.5) is 0 Å². The molecule has 0 unspecified atom stereocenters. The fraction of sp³-hybridized carbons (Fsp3) is 0.167. The maximum atomic E-state index is 5.60. The summed E-state index contributed by atoms with van der Waals surface area (Å²) in [5.41, 5.74) is 8.98. The molecule has 0 saturated heterocycles. The maximum Gasteiger partial charge on any atom is 0.138 e. The van der Waals surface area contributed by atoms with E-state index in [1.54, 1.807) is 6.26 Å². The van der Waals surface area contributed by atoms with Crippen molar-refractivity contribution >= 4 is 0 Å². The van der Waals surface area contributed by atoms with Crippen molar-refractivity contribution in [2.75, 3.05) is 0 Å². The van der Waals surface area contributed by atoms with Gasteiger partial charge in [0, 0.05) is 17.7 Å². The number of rotatable bonds is 2. The fourth-order valence-electron chi connectivity index (χ4n) is 1.45. The van der Waals surface area contributed by atoms with Crippen LogP contribution >= 0.6 is 0 Å². The predicted octanol–water partition coefficient (Wildman–Crippen LogP) is 2.71. The highest BCUT2D eigenvalue weighted by atomic mass is 16.3. The SMILES string of the molecule is Cc1ccc(-c2occc2CN)cc1. The smallest absolute Gasteiger partial charge is 0.138 e. The lowest BCUT2D eigenvalue weighted by Gasteiger charge is -2.00. The summed E-state index contributed by atoms with van der Waals surface area (Å²) in [7, 11) is 0. The molecule has 0 radical (unpaired) electrons. The second-order valence-electron chi connectivity index (χ2n) is 3.35. The summed E-state index contributed by atoms with van der Waals surface area (Å²) < 4.78 is 5.40. The molecular formula is C12H13NO. The van der Waals surface area contributed by atoms with Gasteiger partial charge in [-0.05, 0) is 13.0 Å². The van der Waals surface area contributed by atoms with Crippen LogP contribution in [0.5, 0.6) is 0 Å². The minimum atomic E-state index is 0.514. The van der Waals surface area contributed by atoms with E-state index in [9.17, 15) is 0 Å². The zero-order valence-electron chi connectivity index (χ0n) is 8.16. The second-order valence-corrected chi connectivity index (χ2v) is 3.35. The minimum absolute atomic E-state index is 0.514. The molecule has 2 rings (SSSR count). The van der Waals surface area contributed by atoms with E-state index in [-0.39, 0.29) is 0 Å². The van der Waals surface area contributed by atoms with Crippen LogP contribution < -0.4 is 5.73 Å². The average Bonchev–Trinajstić information content (AvgIpc) is 2.67. The lowest BCUT2D eigenvalue weighted by Crippen LogP contribution is -1.95. The molecule has 0 spiro atoms. The molecule has 72 valence electrons. The van der Waals surface area contributed by atoms with Gasteiger partial charge in [-0.2, -0.15) is 0 Å². The van der Waals surface area contributed by atoms with Crippen LogP contribution in [-0.4, -0.2) is 0 Å². The zero-order valence-corrected chi connectivity index (χ0v) is 8.16. The Balaban J connectivity index is 2.44. The standard InChI is InChI=1S/C12H13NO/c1-9-2-4-10(5-3-9)12-11(8-13)6-7-14-12/h2-7H,8,13H2,1H3. The van der Waals surface area contributed by atoms with Gasteiger partial charge in [-0.25, -0.2) is 0 Å². The van der Waals surface area contributed by atoms with E-state index >= 15 is 0 Å². The molecule has 0 aliphatic heterocycles. The van der Waals surface area contributed by atoms with Gasteiger partial charge >= 0.3 is 0 Å². The van der Waals surface area contributed by atoms with E-state index < -0.39 is 0 Å². The average molecular weight is 187 g/mol. The molecule has 0 aliphatic rings. The highest BCUT2D eigenvalue weighted by Gasteiger charge is 2.06. The Kier molecular flexibility index (Phi) is 2.37. The monoisotopic (exact) mass is 187 g/mol. The molecule has 0 saturated carbocycles. The van der Waals surface area contributed by atoms with E-state index in [1.165, 1.54) is 5.56 Å². The number of benzene rings is 1. The number of hydrogen-bond donors (Lipinski definition) is 1. The third kappa shape index (κ3) is 1.56. The van der Waals surface area contributed by atoms with Gasteiger partial charge in [-0.3, -0.25) is 0 Å². The molecular weight excluding hydrogens is 174 g/mol. The molecule has 0 fully saturated rings. The highest BCUT2D eigenvalue weighted by molar-refractivity contribution is 5.61. The number of furan rings is 1. The molecule has 14 heavy (non-hydrogen) atoms. The first-order valence-electron chi connectivity index (χ1n) is 4.65. The molecule has 2 heteroatoms. The molecule has 0 bridgehead atoms. The summed E-state index contributed by atoms with van der Waals surface area (Å²) in [6.07, 6.45) is 1.68. The zero-order chi connectivity index (χ0) is 9.97. The molecule has 2 N–H and O–H groups in total. The summed E-state index contributed by atoms with van der Waals surface area (Å²) >= 11 is 0. The summed E-state index contributed by atoms with van der Waals surface area (Å²) in [5, 5.41) is 0. The number of nitrogens with two attached hydrogens (primary N) is 1. The van der Waals surface area contributed by atoms with E-state index in [1.807, 2.05) is 18.2 Å². The molecule has 2 aromatic rings. The topological polar surface area (TPSA) is 39.2 Å². The molecule has 0 aliphatic carbocycles.